The molecule has 3 rings (SSSR count). The SMILES string of the molecule is COc1c(C)c(C(=O)c2ccc(N=C(N)N=C(N)N)c(C(=O)[O-])c2)n2ccccc12. The third-order valence-electron chi connectivity index (χ3n) is 4.41. The standard InChI is InChI=1S/C20H20N6O4/c1-10-15(26-8-4-3-5-14(26)17(10)30-2)16(27)11-6-7-13(12(9-11)18(28)29)24-20(23)25-19(21)22/h3-9H,1-2H3,(H,28,29)(H6,21,22,23,24,25)/p-1. The maximum absolute atomic E-state index is 13.3. The molecular weight excluding hydrogens is 388 g/mol. The van der Waals surface area contributed by atoms with Crippen molar-refractivity contribution in [2.75, 3.05) is 7.11 Å². The van der Waals surface area contributed by atoms with Crippen LogP contribution in [0.3, 0.4) is 0 Å². The monoisotopic (exact) mass is 407 g/mol. The van der Waals surface area contributed by atoms with E-state index in [1.54, 1.807) is 23.6 Å². The number of ether oxygens (including phenoxy) is 1. The molecular formula is C20H19N6O4-. The van der Waals surface area contributed by atoms with Gasteiger partial charge in [-0.3, -0.25) is 4.79 Å². The van der Waals surface area contributed by atoms with E-state index in [2.05, 4.69) is 9.98 Å². The van der Waals surface area contributed by atoms with E-state index >= 15 is 0 Å². The lowest BCUT2D eigenvalue weighted by molar-refractivity contribution is -0.254. The highest BCUT2D eigenvalue weighted by Gasteiger charge is 2.23. The molecule has 0 unspecified atom stereocenters. The fraction of sp³-hybridized carbons (Fsp3) is 0.100. The molecule has 0 radical (unpaired) electrons. The van der Waals surface area contributed by atoms with Gasteiger partial charge in [0.15, 0.2) is 5.96 Å². The number of aromatic carboxylic acids is 1. The molecule has 0 saturated carbocycles. The lowest BCUT2D eigenvalue weighted by Gasteiger charge is -2.10. The van der Waals surface area contributed by atoms with Crippen molar-refractivity contribution in [3.8, 4) is 5.75 Å². The zero-order valence-corrected chi connectivity index (χ0v) is 16.2. The highest BCUT2D eigenvalue weighted by molar-refractivity contribution is 6.12. The zero-order valence-electron chi connectivity index (χ0n) is 16.2. The fourth-order valence-corrected chi connectivity index (χ4v) is 3.20. The summed E-state index contributed by atoms with van der Waals surface area (Å²) in [5, 5.41) is 11.6. The van der Waals surface area contributed by atoms with Gasteiger partial charge in [0.25, 0.3) is 0 Å². The van der Waals surface area contributed by atoms with E-state index in [4.69, 9.17) is 21.9 Å². The summed E-state index contributed by atoms with van der Waals surface area (Å²) in [6.45, 7) is 1.76. The normalized spacial score (nSPS) is 11.3. The number of benzene rings is 1. The number of nitrogens with two attached hydrogens (primary N) is 3. The van der Waals surface area contributed by atoms with Gasteiger partial charge in [-0.1, -0.05) is 6.07 Å². The molecule has 0 aliphatic heterocycles. The minimum atomic E-state index is -1.53. The Morgan fingerprint density at radius 3 is 2.50 bits per heavy atom. The number of fused-ring (bicyclic) bond motifs is 1. The Labute approximate surface area is 171 Å². The maximum Gasteiger partial charge on any atom is 0.223 e. The van der Waals surface area contributed by atoms with Crippen molar-refractivity contribution >= 4 is 34.9 Å². The molecule has 0 aliphatic rings. The predicted octanol–water partition coefficient (Wildman–Crippen LogP) is 0.0704. The van der Waals surface area contributed by atoms with Crippen molar-refractivity contribution in [2.45, 2.75) is 6.92 Å². The Hall–Kier alpha value is -4.34. The van der Waals surface area contributed by atoms with Crippen LogP contribution in [0.25, 0.3) is 5.52 Å². The molecule has 0 saturated heterocycles. The van der Waals surface area contributed by atoms with Crippen molar-refractivity contribution in [2.24, 2.45) is 27.2 Å². The van der Waals surface area contributed by atoms with Crippen molar-refractivity contribution in [1.29, 1.82) is 0 Å². The molecule has 3 aromatic rings. The van der Waals surface area contributed by atoms with Crippen LogP contribution in [-0.4, -0.2) is 35.2 Å². The largest absolute Gasteiger partial charge is 0.545 e. The van der Waals surface area contributed by atoms with Gasteiger partial charge < -0.3 is 36.2 Å². The summed E-state index contributed by atoms with van der Waals surface area (Å²) >= 11 is 0. The Balaban J connectivity index is 2.14. The Kier molecular flexibility index (Phi) is 5.41. The van der Waals surface area contributed by atoms with E-state index in [1.165, 1.54) is 25.3 Å². The second-order valence-electron chi connectivity index (χ2n) is 6.32. The second kappa shape index (κ2) is 7.95. The summed E-state index contributed by atoms with van der Waals surface area (Å²) in [4.78, 5) is 32.3. The first kappa shape index (κ1) is 20.4. The van der Waals surface area contributed by atoms with Gasteiger partial charge in [-0.2, -0.15) is 4.99 Å². The van der Waals surface area contributed by atoms with E-state index in [9.17, 15) is 14.7 Å². The number of carbonyl (C=O) groups excluding carboxylic acids is 2. The molecule has 0 aliphatic carbocycles. The molecule has 2 heterocycles. The molecule has 0 amide bonds. The van der Waals surface area contributed by atoms with Gasteiger partial charge in [0.1, 0.15) is 11.4 Å². The average molecular weight is 407 g/mol. The number of nitrogens with zero attached hydrogens (tertiary/aromatic N) is 3. The number of aromatic nitrogens is 1. The molecule has 10 heteroatoms. The first-order valence-electron chi connectivity index (χ1n) is 8.72. The number of carbonyl (C=O) groups is 2. The van der Waals surface area contributed by atoms with Gasteiger partial charge >= 0.3 is 0 Å². The molecule has 0 fully saturated rings. The van der Waals surface area contributed by atoms with Crippen LogP contribution >= 0.6 is 0 Å². The highest BCUT2D eigenvalue weighted by Crippen LogP contribution is 2.32. The van der Waals surface area contributed by atoms with E-state index in [1.807, 2.05) is 12.1 Å². The maximum atomic E-state index is 13.3. The van der Waals surface area contributed by atoms with Crippen LogP contribution in [0, 0.1) is 6.92 Å². The number of hydrogen-bond donors (Lipinski definition) is 3. The number of carboxylic acids is 1. The van der Waals surface area contributed by atoms with Crippen molar-refractivity contribution in [1.82, 2.24) is 4.40 Å². The van der Waals surface area contributed by atoms with Crippen molar-refractivity contribution in [3.63, 3.8) is 0 Å². The minimum Gasteiger partial charge on any atom is -0.545 e. The number of aliphatic imine (C=N–C) groups is 2. The molecule has 0 atom stereocenters. The summed E-state index contributed by atoms with van der Waals surface area (Å²) in [5.41, 5.74) is 17.5. The lowest BCUT2D eigenvalue weighted by Crippen LogP contribution is -2.26. The van der Waals surface area contributed by atoms with E-state index in [-0.39, 0.29) is 28.7 Å². The number of ketones is 1. The molecule has 0 spiro atoms. The lowest BCUT2D eigenvalue weighted by atomic mass is 10.0. The third kappa shape index (κ3) is 3.65. The molecule has 2 aromatic heterocycles. The Morgan fingerprint density at radius 2 is 1.87 bits per heavy atom. The summed E-state index contributed by atoms with van der Waals surface area (Å²) < 4.78 is 7.13. The minimum absolute atomic E-state index is 0.0524. The number of methoxy groups -OCH3 is 1. The number of carboxylic acid groups (broad SMARTS) is 1. The number of guanidine groups is 2. The average Bonchev–Trinajstić information content (AvgIpc) is 2.97. The number of pyridine rings is 1. The second-order valence-corrected chi connectivity index (χ2v) is 6.32. The first-order valence-corrected chi connectivity index (χ1v) is 8.72. The highest BCUT2D eigenvalue weighted by atomic mass is 16.5. The van der Waals surface area contributed by atoms with Crippen molar-refractivity contribution < 1.29 is 19.4 Å². The zero-order chi connectivity index (χ0) is 22.0. The molecule has 30 heavy (non-hydrogen) atoms. The van der Waals surface area contributed by atoms with Crippen LogP contribution in [0.4, 0.5) is 5.69 Å². The van der Waals surface area contributed by atoms with Gasteiger partial charge in [0.2, 0.25) is 11.7 Å². The van der Waals surface area contributed by atoms with Crippen molar-refractivity contribution in [3.05, 3.63) is 65.0 Å². The smallest absolute Gasteiger partial charge is 0.223 e. The van der Waals surface area contributed by atoms with Crippen LogP contribution in [0.1, 0.15) is 32.0 Å². The fourth-order valence-electron chi connectivity index (χ4n) is 3.20. The first-order chi connectivity index (χ1) is 14.2. The molecule has 10 nitrogen and oxygen atoms in total. The molecule has 0 bridgehead atoms. The molecule has 1 aromatic carbocycles. The van der Waals surface area contributed by atoms with Gasteiger partial charge in [-0.25, -0.2) is 4.99 Å². The number of rotatable bonds is 5. The van der Waals surface area contributed by atoms with E-state index in [0.717, 1.165) is 0 Å². The summed E-state index contributed by atoms with van der Waals surface area (Å²) in [7, 11) is 1.52. The molecule has 6 N–H and O–H groups in total. The van der Waals surface area contributed by atoms with E-state index < -0.39 is 11.8 Å². The van der Waals surface area contributed by atoms with E-state index in [0.29, 0.717) is 22.5 Å². The quantitative estimate of drug-likeness (QED) is 0.305. The topological polar surface area (TPSA) is 174 Å². The van der Waals surface area contributed by atoms with Crippen LogP contribution in [0.2, 0.25) is 0 Å². The van der Waals surface area contributed by atoms with Gasteiger partial charge in [-0.15, -0.1) is 0 Å². The number of hydrogen-bond acceptors (Lipinski definition) is 5. The summed E-state index contributed by atoms with van der Waals surface area (Å²) in [5.74, 6) is -2.04. The summed E-state index contributed by atoms with van der Waals surface area (Å²) in [6.07, 6.45) is 1.73. The van der Waals surface area contributed by atoms with Crippen LogP contribution in [-0.2, 0) is 0 Å². The van der Waals surface area contributed by atoms with Crippen LogP contribution < -0.4 is 27.0 Å². The van der Waals surface area contributed by atoms with Crippen LogP contribution in [0.15, 0.2) is 52.6 Å². The Morgan fingerprint density at radius 1 is 1.13 bits per heavy atom. The summed E-state index contributed by atoms with van der Waals surface area (Å²) in [6, 6.07) is 9.36. The Bertz CT molecular complexity index is 1220. The van der Waals surface area contributed by atoms with Gasteiger partial charge in [0, 0.05) is 22.9 Å². The van der Waals surface area contributed by atoms with Gasteiger partial charge in [0.05, 0.1) is 24.3 Å². The van der Waals surface area contributed by atoms with Crippen LogP contribution in [0.5, 0.6) is 5.75 Å². The molecule has 154 valence electrons. The van der Waals surface area contributed by atoms with Gasteiger partial charge in [-0.05, 0) is 37.3 Å². The third-order valence-corrected chi connectivity index (χ3v) is 4.41. The predicted molar refractivity (Wildman–Crippen MR) is 110 cm³/mol.